The van der Waals surface area contributed by atoms with Crippen molar-refractivity contribution < 1.29 is 14.3 Å². The summed E-state index contributed by atoms with van der Waals surface area (Å²) in [5, 5.41) is 7.53. The lowest BCUT2D eigenvalue weighted by atomic mass is 10.0. The van der Waals surface area contributed by atoms with Gasteiger partial charge in [-0.15, -0.1) is 0 Å². The number of ether oxygens (including phenoxy) is 2. The second-order valence-electron chi connectivity index (χ2n) is 8.77. The molecule has 5 rings (SSSR count). The van der Waals surface area contributed by atoms with Crippen molar-refractivity contribution in [3.05, 3.63) is 65.6 Å². The first-order valence-corrected chi connectivity index (χ1v) is 11.5. The van der Waals surface area contributed by atoms with E-state index in [2.05, 4.69) is 39.4 Å². The lowest BCUT2D eigenvalue weighted by Gasteiger charge is -2.36. The maximum Gasteiger partial charge on any atom is 0.256 e. The van der Waals surface area contributed by atoms with Crippen molar-refractivity contribution in [2.45, 2.75) is 45.2 Å². The van der Waals surface area contributed by atoms with Crippen molar-refractivity contribution in [2.75, 3.05) is 25.2 Å². The number of aryl methyl sites for hydroxylation is 1. The zero-order valence-corrected chi connectivity index (χ0v) is 19.0. The minimum atomic E-state index is -0.188. The number of anilines is 1. The summed E-state index contributed by atoms with van der Waals surface area (Å²) in [5.74, 6) is 1.79. The molecule has 3 aromatic rings. The number of nitrogens with zero attached hydrogens (tertiary/aromatic N) is 4. The van der Waals surface area contributed by atoms with E-state index in [1.54, 1.807) is 24.4 Å². The molecule has 2 aromatic heterocycles. The molecule has 1 N–H and O–H groups in total. The molecule has 2 aliphatic rings. The van der Waals surface area contributed by atoms with Crippen LogP contribution in [0.2, 0.25) is 0 Å². The molecule has 0 aliphatic carbocycles. The van der Waals surface area contributed by atoms with E-state index in [1.165, 1.54) is 0 Å². The van der Waals surface area contributed by atoms with Crippen LogP contribution in [0.5, 0.6) is 11.5 Å². The van der Waals surface area contributed by atoms with Crippen LogP contribution in [0.15, 0.2) is 48.7 Å². The van der Waals surface area contributed by atoms with Crippen molar-refractivity contribution in [3.63, 3.8) is 0 Å². The first-order chi connectivity index (χ1) is 16.1. The lowest BCUT2D eigenvalue weighted by molar-refractivity contribution is 0.102. The van der Waals surface area contributed by atoms with E-state index in [9.17, 15) is 4.79 Å². The Morgan fingerprint density at radius 3 is 2.79 bits per heavy atom. The van der Waals surface area contributed by atoms with E-state index >= 15 is 0 Å². The number of likely N-dealkylation sites (tertiary alicyclic amines) is 1. The molecule has 8 heteroatoms. The average molecular weight is 448 g/mol. The molecule has 0 radical (unpaired) electrons. The van der Waals surface area contributed by atoms with E-state index in [0.29, 0.717) is 28.9 Å². The topological polar surface area (TPSA) is 81.5 Å². The molecule has 2 aliphatic heterocycles. The summed E-state index contributed by atoms with van der Waals surface area (Å²) in [4.78, 5) is 20.0. The molecule has 33 heavy (non-hydrogen) atoms. The average Bonchev–Trinajstić information content (AvgIpc) is 3.48. The number of aromatic nitrogens is 3. The van der Waals surface area contributed by atoms with Crippen LogP contribution in [0.4, 0.5) is 5.82 Å². The van der Waals surface area contributed by atoms with Crippen LogP contribution in [0.3, 0.4) is 0 Å². The van der Waals surface area contributed by atoms with Gasteiger partial charge < -0.3 is 19.7 Å². The summed E-state index contributed by atoms with van der Waals surface area (Å²) in [5.41, 5.74) is 2.73. The van der Waals surface area contributed by atoms with Gasteiger partial charge in [-0.2, -0.15) is 5.10 Å². The highest BCUT2D eigenvalue weighted by Crippen LogP contribution is 2.33. The fourth-order valence-electron chi connectivity index (χ4n) is 4.65. The number of piperidine rings is 1. The standard InChI is InChI=1S/C25H29N5O3/c1-17-4-3-5-20(27-17)14-18(2)29-12-9-21(10-13-29)30-24(8-11-26-30)28-25(31)19-6-7-22-23(15-19)33-16-32-22/h3-8,11,15,18,21H,9-10,12-14,16H2,1-2H3,(H,28,31). The van der Waals surface area contributed by atoms with Gasteiger partial charge in [0.25, 0.3) is 5.91 Å². The normalized spacial score (nSPS) is 17.2. The van der Waals surface area contributed by atoms with Crippen LogP contribution in [0, 0.1) is 6.92 Å². The van der Waals surface area contributed by atoms with Gasteiger partial charge >= 0.3 is 0 Å². The highest BCUT2D eigenvalue weighted by molar-refractivity contribution is 6.04. The summed E-state index contributed by atoms with van der Waals surface area (Å²) in [6.07, 6.45) is 4.67. The van der Waals surface area contributed by atoms with Gasteiger partial charge in [-0.1, -0.05) is 6.07 Å². The molecule has 0 saturated carbocycles. The molecule has 1 amide bonds. The lowest BCUT2D eigenvalue weighted by Crippen LogP contribution is -2.41. The monoisotopic (exact) mass is 447 g/mol. The minimum absolute atomic E-state index is 0.187. The van der Waals surface area contributed by atoms with E-state index in [-0.39, 0.29) is 18.7 Å². The van der Waals surface area contributed by atoms with Crippen molar-refractivity contribution >= 4 is 11.7 Å². The Hall–Kier alpha value is -3.39. The molecule has 1 fully saturated rings. The fraction of sp³-hybridized carbons (Fsp3) is 0.400. The second kappa shape index (κ2) is 9.23. The van der Waals surface area contributed by atoms with Gasteiger partial charge in [0.1, 0.15) is 5.82 Å². The smallest absolute Gasteiger partial charge is 0.256 e. The molecule has 1 atom stereocenters. The highest BCUT2D eigenvalue weighted by atomic mass is 16.7. The van der Waals surface area contributed by atoms with E-state index in [4.69, 9.17) is 9.47 Å². The first kappa shape index (κ1) is 21.5. The Balaban J connectivity index is 1.19. The van der Waals surface area contributed by atoms with Crippen molar-refractivity contribution in [1.29, 1.82) is 0 Å². The summed E-state index contributed by atoms with van der Waals surface area (Å²) < 4.78 is 12.7. The van der Waals surface area contributed by atoms with E-state index in [0.717, 1.165) is 43.7 Å². The number of carbonyl (C=O) groups is 1. The predicted octanol–water partition coefficient (Wildman–Crippen LogP) is 3.84. The SMILES string of the molecule is Cc1cccc(CC(C)N2CCC(n3nccc3NC(=O)c3ccc4c(c3)OCO4)CC2)n1. The van der Waals surface area contributed by atoms with Gasteiger partial charge in [-0.25, -0.2) is 4.68 Å². The fourth-order valence-corrected chi connectivity index (χ4v) is 4.65. The second-order valence-corrected chi connectivity index (χ2v) is 8.77. The van der Waals surface area contributed by atoms with Crippen LogP contribution < -0.4 is 14.8 Å². The number of pyridine rings is 1. The Kier molecular flexibility index (Phi) is 6.00. The Labute approximate surface area is 193 Å². The summed E-state index contributed by atoms with van der Waals surface area (Å²) in [6.45, 7) is 6.48. The van der Waals surface area contributed by atoms with Gasteiger partial charge in [0, 0.05) is 48.6 Å². The quantitative estimate of drug-likeness (QED) is 0.618. The number of rotatable bonds is 6. The largest absolute Gasteiger partial charge is 0.454 e. The van der Waals surface area contributed by atoms with E-state index in [1.807, 2.05) is 23.7 Å². The van der Waals surface area contributed by atoms with Gasteiger partial charge in [0.05, 0.1) is 12.2 Å². The van der Waals surface area contributed by atoms with Gasteiger partial charge in [-0.05, 0) is 57.0 Å². The third-order valence-electron chi connectivity index (χ3n) is 6.47. The number of hydrogen-bond donors (Lipinski definition) is 1. The molecule has 0 spiro atoms. The molecule has 1 unspecified atom stereocenters. The zero-order chi connectivity index (χ0) is 22.8. The zero-order valence-electron chi connectivity index (χ0n) is 19.0. The highest BCUT2D eigenvalue weighted by Gasteiger charge is 2.26. The first-order valence-electron chi connectivity index (χ1n) is 11.5. The molecule has 1 aromatic carbocycles. The van der Waals surface area contributed by atoms with Crippen LogP contribution in [0.1, 0.15) is 47.6 Å². The van der Waals surface area contributed by atoms with Crippen molar-refractivity contribution in [3.8, 4) is 11.5 Å². The van der Waals surface area contributed by atoms with Crippen molar-refractivity contribution in [1.82, 2.24) is 19.7 Å². The van der Waals surface area contributed by atoms with Crippen LogP contribution in [-0.2, 0) is 6.42 Å². The van der Waals surface area contributed by atoms with E-state index < -0.39 is 0 Å². The van der Waals surface area contributed by atoms with Crippen LogP contribution in [-0.4, -0.2) is 51.5 Å². The third-order valence-corrected chi connectivity index (χ3v) is 6.47. The summed E-state index contributed by atoms with van der Waals surface area (Å²) >= 11 is 0. The number of amides is 1. The molecular formula is C25H29N5O3. The summed E-state index contributed by atoms with van der Waals surface area (Å²) in [6, 6.07) is 14.0. The number of nitrogens with one attached hydrogen (secondary N) is 1. The van der Waals surface area contributed by atoms with Crippen molar-refractivity contribution in [2.24, 2.45) is 0 Å². The molecular weight excluding hydrogens is 418 g/mol. The predicted molar refractivity (Wildman–Crippen MR) is 125 cm³/mol. The number of hydrogen-bond acceptors (Lipinski definition) is 6. The number of fused-ring (bicyclic) bond motifs is 1. The minimum Gasteiger partial charge on any atom is -0.454 e. The van der Waals surface area contributed by atoms with Crippen LogP contribution in [0.25, 0.3) is 0 Å². The Bertz CT molecular complexity index is 1140. The van der Waals surface area contributed by atoms with Gasteiger partial charge in [0.2, 0.25) is 6.79 Å². The molecule has 8 nitrogen and oxygen atoms in total. The third kappa shape index (κ3) is 4.71. The Morgan fingerprint density at radius 1 is 1.15 bits per heavy atom. The molecule has 4 heterocycles. The molecule has 0 bridgehead atoms. The number of carbonyl (C=O) groups excluding carboxylic acids is 1. The summed E-state index contributed by atoms with van der Waals surface area (Å²) in [7, 11) is 0. The molecule has 172 valence electrons. The Morgan fingerprint density at radius 2 is 1.97 bits per heavy atom. The maximum atomic E-state index is 12.8. The van der Waals surface area contributed by atoms with Gasteiger partial charge in [-0.3, -0.25) is 9.78 Å². The van der Waals surface area contributed by atoms with Gasteiger partial charge in [0.15, 0.2) is 11.5 Å². The van der Waals surface area contributed by atoms with Crippen LogP contribution >= 0.6 is 0 Å². The molecule has 1 saturated heterocycles. The number of benzene rings is 1. The maximum absolute atomic E-state index is 12.8.